The molecule has 0 aromatic heterocycles. The van der Waals surface area contributed by atoms with Crippen LogP contribution in [-0.4, -0.2) is 59.4 Å². The first-order valence-corrected chi connectivity index (χ1v) is 10.7. The Labute approximate surface area is 180 Å². The van der Waals surface area contributed by atoms with Crippen LogP contribution in [0, 0.1) is 12.3 Å². The summed E-state index contributed by atoms with van der Waals surface area (Å²) >= 11 is 6.18. The van der Waals surface area contributed by atoms with E-state index in [1.54, 1.807) is 6.07 Å². The summed E-state index contributed by atoms with van der Waals surface area (Å²) in [5, 5.41) is 10.1. The Morgan fingerprint density at radius 1 is 1.13 bits per heavy atom. The zero-order valence-corrected chi connectivity index (χ0v) is 17.7. The first-order chi connectivity index (χ1) is 14.4. The fourth-order valence-electron chi connectivity index (χ4n) is 4.23. The summed E-state index contributed by atoms with van der Waals surface area (Å²) in [6.45, 7) is 5.92. The molecule has 1 saturated heterocycles. The molecule has 30 heavy (non-hydrogen) atoms. The van der Waals surface area contributed by atoms with Crippen LogP contribution < -0.4 is 4.74 Å². The molecular formula is C23H24ClN3O3. The molecule has 5 rings (SSSR count). The number of hydrogen-bond donors (Lipinski definition) is 1. The van der Waals surface area contributed by atoms with Gasteiger partial charge in [-0.1, -0.05) is 17.7 Å². The number of hydrogen-bond acceptors (Lipinski definition) is 5. The van der Waals surface area contributed by atoms with Crippen LogP contribution >= 0.6 is 11.6 Å². The molecule has 2 aliphatic heterocycles. The molecule has 0 spiro atoms. The van der Waals surface area contributed by atoms with E-state index < -0.39 is 11.4 Å². The lowest BCUT2D eigenvalue weighted by atomic mass is 10.1. The van der Waals surface area contributed by atoms with Crippen molar-refractivity contribution in [3.63, 3.8) is 0 Å². The zero-order chi connectivity index (χ0) is 20.9. The Kier molecular flexibility index (Phi) is 4.71. The number of ether oxygens (including phenoxy) is 1. The third-order valence-corrected chi connectivity index (χ3v) is 6.49. The molecule has 2 fully saturated rings. The van der Waals surface area contributed by atoms with Gasteiger partial charge in [0.05, 0.1) is 11.0 Å². The summed E-state index contributed by atoms with van der Waals surface area (Å²) in [4.78, 5) is 21.0. The van der Waals surface area contributed by atoms with Gasteiger partial charge in [-0.2, -0.15) is 0 Å². The minimum absolute atomic E-state index is 0.516. The maximum Gasteiger partial charge on any atom is 0.310 e. The molecule has 6 nitrogen and oxygen atoms in total. The maximum absolute atomic E-state index is 11.5. The van der Waals surface area contributed by atoms with Gasteiger partial charge in [-0.05, 0) is 49.6 Å². The molecule has 3 aliphatic rings. The van der Waals surface area contributed by atoms with Crippen LogP contribution in [0.1, 0.15) is 24.0 Å². The summed E-state index contributed by atoms with van der Waals surface area (Å²) in [5.41, 5.74) is 2.32. The van der Waals surface area contributed by atoms with Crippen molar-refractivity contribution in [1.82, 2.24) is 9.80 Å². The Morgan fingerprint density at radius 2 is 1.90 bits per heavy atom. The highest BCUT2D eigenvalue weighted by atomic mass is 35.5. The molecule has 0 bridgehead atoms. The van der Waals surface area contributed by atoms with E-state index in [2.05, 4.69) is 21.9 Å². The number of amidine groups is 1. The van der Waals surface area contributed by atoms with Crippen LogP contribution in [0.3, 0.4) is 0 Å². The highest BCUT2D eigenvalue weighted by Crippen LogP contribution is 2.46. The molecule has 0 atom stereocenters. The van der Waals surface area contributed by atoms with Crippen molar-refractivity contribution in [1.29, 1.82) is 0 Å². The first-order valence-electron chi connectivity index (χ1n) is 10.3. The second-order valence-electron chi connectivity index (χ2n) is 8.50. The Balaban J connectivity index is 1.42. The van der Waals surface area contributed by atoms with Crippen molar-refractivity contribution in [2.45, 2.75) is 19.8 Å². The highest BCUT2D eigenvalue weighted by Gasteiger charge is 2.51. The largest absolute Gasteiger partial charge is 0.481 e. The number of aryl methyl sites for hydroxylation is 1. The van der Waals surface area contributed by atoms with Crippen LogP contribution in [0.25, 0.3) is 0 Å². The summed E-state index contributed by atoms with van der Waals surface area (Å²) < 4.78 is 6.21. The van der Waals surface area contributed by atoms with Gasteiger partial charge in [0, 0.05) is 43.8 Å². The second kappa shape index (κ2) is 7.29. The molecule has 7 heteroatoms. The number of nitrogens with zero attached hydrogens (tertiary/aromatic N) is 3. The topological polar surface area (TPSA) is 65.4 Å². The molecule has 1 aliphatic carbocycles. The Hall–Kier alpha value is -2.57. The highest BCUT2D eigenvalue weighted by molar-refractivity contribution is 6.30. The fraction of sp³-hybridized carbons (Fsp3) is 0.391. The smallest absolute Gasteiger partial charge is 0.310 e. The average Bonchev–Trinajstić information content (AvgIpc) is 3.51. The van der Waals surface area contributed by atoms with E-state index in [4.69, 9.17) is 21.3 Å². The maximum atomic E-state index is 11.5. The van der Waals surface area contributed by atoms with Gasteiger partial charge in [-0.25, -0.2) is 4.99 Å². The van der Waals surface area contributed by atoms with Gasteiger partial charge < -0.3 is 14.7 Å². The summed E-state index contributed by atoms with van der Waals surface area (Å²) in [6, 6.07) is 11.7. The Morgan fingerprint density at radius 3 is 2.60 bits per heavy atom. The standard InChI is InChI=1S/C23H24ClN3O3/c1-15-2-4-17-19(12-15)30-20-13-16(24)3-5-18(20)25-21(17)27-10-8-26(9-11-27)14-23(6-7-23)22(28)29/h2-5,12-13H,6-11,14H2,1H3,(H,28,29). The summed E-state index contributed by atoms with van der Waals surface area (Å²) in [5.74, 6) is 1.67. The van der Waals surface area contributed by atoms with Gasteiger partial charge in [0.25, 0.3) is 0 Å². The van der Waals surface area contributed by atoms with E-state index in [0.29, 0.717) is 17.3 Å². The van der Waals surface area contributed by atoms with Crippen molar-refractivity contribution in [3.8, 4) is 11.5 Å². The van der Waals surface area contributed by atoms with E-state index in [1.165, 1.54) is 0 Å². The van der Waals surface area contributed by atoms with E-state index in [-0.39, 0.29) is 0 Å². The van der Waals surface area contributed by atoms with Crippen LogP contribution in [-0.2, 0) is 4.79 Å². The fourth-order valence-corrected chi connectivity index (χ4v) is 4.39. The molecule has 2 aromatic rings. The number of halogens is 1. The van der Waals surface area contributed by atoms with Crippen LogP contribution in [0.4, 0.5) is 5.69 Å². The van der Waals surface area contributed by atoms with Crippen LogP contribution in [0.15, 0.2) is 41.4 Å². The van der Waals surface area contributed by atoms with Crippen LogP contribution in [0.5, 0.6) is 11.5 Å². The third-order valence-electron chi connectivity index (χ3n) is 6.25. The van der Waals surface area contributed by atoms with Gasteiger partial charge in [0.15, 0.2) is 5.75 Å². The van der Waals surface area contributed by atoms with Gasteiger partial charge in [-0.15, -0.1) is 0 Å². The third kappa shape index (κ3) is 3.55. The number of carboxylic acid groups (broad SMARTS) is 1. The van der Waals surface area contributed by atoms with Crippen molar-refractivity contribution in [2.24, 2.45) is 10.4 Å². The Bertz CT molecular complexity index is 1040. The molecule has 0 amide bonds. The number of carbonyl (C=O) groups is 1. The van der Waals surface area contributed by atoms with E-state index in [0.717, 1.165) is 67.4 Å². The van der Waals surface area contributed by atoms with Crippen molar-refractivity contribution < 1.29 is 14.6 Å². The molecule has 0 radical (unpaired) electrons. The monoisotopic (exact) mass is 425 g/mol. The minimum Gasteiger partial charge on any atom is -0.481 e. The predicted molar refractivity (Wildman–Crippen MR) is 116 cm³/mol. The van der Waals surface area contributed by atoms with Gasteiger partial charge in [-0.3, -0.25) is 9.69 Å². The lowest BCUT2D eigenvalue weighted by Gasteiger charge is -2.37. The van der Waals surface area contributed by atoms with E-state index >= 15 is 0 Å². The molecule has 2 heterocycles. The van der Waals surface area contributed by atoms with E-state index in [1.807, 2.05) is 25.1 Å². The van der Waals surface area contributed by atoms with Crippen molar-refractivity contribution in [3.05, 3.63) is 52.5 Å². The number of piperazine rings is 1. The van der Waals surface area contributed by atoms with Gasteiger partial charge in [0.2, 0.25) is 0 Å². The predicted octanol–water partition coefficient (Wildman–Crippen LogP) is 4.31. The number of fused-ring (bicyclic) bond motifs is 2. The zero-order valence-electron chi connectivity index (χ0n) is 16.9. The molecule has 0 unspecified atom stereocenters. The number of aliphatic carboxylic acids is 1. The molecule has 156 valence electrons. The molecule has 1 N–H and O–H groups in total. The number of rotatable bonds is 3. The normalized spacial score (nSPS) is 19.8. The quantitative estimate of drug-likeness (QED) is 0.793. The second-order valence-corrected chi connectivity index (χ2v) is 8.93. The van der Waals surface area contributed by atoms with E-state index in [9.17, 15) is 9.90 Å². The van der Waals surface area contributed by atoms with Gasteiger partial charge >= 0.3 is 5.97 Å². The molecule has 2 aromatic carbocycles. The minimum atomic E-state index is -0.658. The number of aliphatic imine (C=N–C) groups is 1. The van der Waals surface area contributed by atoms with Crippen LogP contribution in [0.2, 0.25) is 5.02 Å². The number of carboxylic acids is 1. The lowest BCUT2D eigenvalue weighted by Crippen LogP contribution is -2.50. The SMILES string of the molecule is Cc1ccc2c(c1)Oc1cc(Cl)ccc1N=C2N1CCN(CC2(C(=O)O)CC2)CC1. The van der Waals surface area contributed by atoms with Crippen molar-refractivity contribution in [2.75, 3.05) is 32.7 Å². The van der Waals surface area contributed by atoms with Crippen molar-refractivity contribution >= 4 is 29.1 Å². The summed E-state index contributed by atoms with van der Waals surface area (Å²) in [6.07, 6.45) is 1.58. The van der Waals surface area contributed by atoms with Gasteiger partial charge in [0.1, 0.15) is 17.3 Å². The molecule has 1 saturated carbocycles. The first kappa shape index (κ1) is 19.4. The summed E-state index contributed by atoms with van der Waals surface area (Å²) in [7, 11) is 0. The molecular weight excluding hydrogens is 402 g/mol. The average molecular weight is 426 g/mol. The number of benzene rings is 2. The lowest BCUT2D eigenvalue weighted by molar-refractivity contribution is -0.144.